The van der Waals surface area contributed by atoms with Crippen molar-refractivity contribution in [1.29, 1.82) is 0 Å². The average molecular weight is 472 g/mol. The van der Waals surface area contributed by atoms with Crippen LogP contribution in [0.5, 0.6) is 5.75 Å². The molecule has 4 aromatic rings. The van der Waals surface area contributed by atoms with Crippen LogP contribution in [0, 0.1) is 32.6 Å². The van der Waals surface area contributed by atoms with Crippen LogP contribution >= 0.6 is 11.3 Å². The number of methoxy groups -OCH3 is 1. The fourth-order valence-electron chi connectivity index (χ4n) is 3.51. The van der Waals surface area contributed by atoms with Crippen molar-refractivity contribution in [3.8, 4) is 17.6 Å². The van der Waals surface area contributed by atoms with Crippen molar-refractivity contribution in [3.05, 3.63) is 75.4 Å². The van der Waals surface area contributed by atoms with E-state index in [2.05, 4.69) is 40.1 Å². The molecule has 0 saturated carbocycles. The van der Waals surface area contributed by atoms with Crippen LogP contribution in [-0.4, -0.2) is 29.7 Å². The summed E-state index contributed by atoms with van der Waals surface area (Å²) in [6.45, 7) is 8.17. The summed E-state index contributed by atoms with van der Waals surface area (Å²) in [6.07, 6.45) is 1.54. The van der Waals surface area contributed by atoms with E-state index in [0.717, 1.165) is 49.5 Å². The lowest BCUT2D eigenvalue weighted by atomic mass is 10.0. The predicted octanol–water partition coefficient (Wildman–Crippen LogP) is 5.95. The quantitative estimate of drug-likeness (QED) is 0.287. The molecule has 0 saturated heterocycles. The number of benzene rings is 2. The highest BCUT2D eigenvalue weighted by Crippen LogP contribution is 2.33. The molecular formula is C27H25N3O3S. The van der Waals surface area contributed by atoms with E-state index in [-0.39, 0.29) is 5.97 Å². The third-order valence-electron chi connectivity index (χ3n) is 5.54. The molecule has 1 N–H and O–H groups in total. The number of fused-ring (bicyclic) bond motifs is 1. The summed E-state index contributed by atoms with van der Waals surface area (Å²) in [4.78, 5) is 21.0. The van der Waals surface area contributed by atoms with Crippen LogP contribution in [0.2, 0.25) is 0 Å². The number of hydrogen-bond donors (Lipinski definition) is 1. The summed E-state index contributed by atoms with van der Waals surface area (Å²) >= 11 is 1.54. The van der Waals surface area contributed by atoms with Crippen LogP contribution < -0.4 is 10.1 Å². The topological polar surface area (TPSA) is 73.3 Å². The maximum Gasteiger partial charge on any atom is 0.338 e. The molecule has 0 aliphatic rings. The fraction of sp³-hybridized carbons (Fsp3) is 0.222. The SMILES string of the molecule is CCOC(=O)c1ccc(C)c(C#Cc2csc3c(Nc4cc(C)c(C)c(OC)c4)ncnc23)c1. The fourth-order valence-corrected chi connectivity index (χ4v) is 4.41. The monoisotopic (exact) mass is 471 g/mol. The highest BCUT2D eigenvalue weighted by Gasteiger charge is 2.12. The van der Waals surface area contributed by atoms with Gasteiger partial charge in [0.1, 0.15) is 17.6 Å². The van der Waals surface area contributed by atoms with Crippen molar-refractivity contribution < 1.29 is 14.3 Å². The number of nitrogens with zero attached hydrogens (tertiary/aromatic N) is 2. The number of thiophene rings is 1. The molecule has 2 heterocycles. The Morgan fingerprint density at radius 3 is 2.62 bits per heavy atom. The number of anilines is 2. The zero-order valence-corrected chi connectivity index (χ0v) is 20.6. The van der Waals surface area contributed by atoms with Gasteiger partial charge in [-0.25, -0.2) is 14.8 Å². The van der Waals surface area contributed by atoms with Gasteiger partial charge in [0.05, 0.1) is 29.5 Å². The lowest BCUT2D eigenvalue weighted by Crippen LogP contribution is -2.05. The largest absolute Gasteiger partial charge is 0.496 e. The number of carbonyl (C=O) groups is 1. The third-order valence-corrected chi connectivity index (χ3v) is 6.51. The van der Waals surface area contributed by atoms with Crippen LogP contribution in [0.25, 0.3) is 10.2 Å². The molecule has 4 rings (SSSR count). The number of carbonyl (C=O) groups excluding carboxylic acids is 1. The minimum Gasteiger partial charge on any atom is -0.496 e. The molecule has 34 heavy (non-hydrogen) atoms. The third kappa shape index (κ3) is 4.73. The Morgan fingerprint density at radius 2 is 1.85 bits per heavy atom. The van der Waals surface area contributed by atoms with E-state index in [1.54, 1.807) is 26.2 Å². The predicted molar refractivity (Wildman–Crippen MR) is 136 cm³/mol. The van der Waals surface area contributed by atoms with Gasteiger partial charge in [-0.15, -0.1) is 11.3 Å². The second-order valence-electron chi connectivity index (χ2n) is 7.79. The van der Waals surface area contributed by atoms with Gasteiger partial charge in [0.2, 0.25) is 0 Å². The minimum absolute atomic E-state index is 0.333. The number of ether oxygens (including phenoxy) is 2. The molecule has 0 bridgehead atoms. The minimum atomic E-state index is -0.349. The number of rotatable bonds is 5. The van der Waals surface area contributed by atoms with Crippen LogP contribution in [0.3, 0.4) is 0 Å². The summed E-state index contributed by atoms with van der Waals surface area (Å²) in [7, 11) is 1.67. The molecule has 6 nitrogen and oxygen atoms in total. The van der Waals surface area contributed by atoms with Crippen molar-refractivity contribution >= 4 is 39.0 Å². The van der Waals surface area contributed by atoms with Crippen molar-refractivity contribution in [2.45, 2.75) is 27.7 Å². The van der Waals surface area contributed by atoms with E-state index < -0.39 is 0 Å². The van der Waals surface area contributed by atoms with Crippen LogP contribution in [0.1, 0.15) is 45.1 Å². The van der Waals surface area contributed by atoms with Gasteiger partial charge in [0.25, 0.3) is 0 Å². The Kier molecular flexibility index (Phi) is 6.80. The molecule has 0 aliphatic carbocycles. The molecule has 2 aromatic heterocycles. The van der Waals surface area contributed by atoms with E-state index >= 15 is 0 Å². The Bertz CT molecular complexity index is 1450. The van der Waals surface area contributed by atoms with E-state index in [4.69, 9.17) is 9.47 Å². The lowest BCUT2D eigenvalue weighted by Gasteiger charge is -2.12. The highest BCUT2D eigenvalue weighted by atomic mass is 32.1. The normalized spacial score (nSPS) is 10.5. The van der Waals surface area contributed by atoms with Crippen molar-refractivity contribution in [3.63, 3.8) is 0 Å². The Hall–Kier alpha value is -3.89. The van der Waals surface area contributed by atoms with Crippen LogP contribution in [0.4, 0.5) is 11.5 Å². The summed E-state index contributed by atoms with van der Waals surface area (Å²) in [5.41, 5.74) is 6.98. The molecule has 7 heteroatoms. The molecule has 0 radical (unpaired) electrons. The van der Waals surface area contributed by atoms with Gasteiger partial charge >= 0.3 is 5.97 Å². The zero-order chi connectivity index (χ0) is 24.2. The van der Waals surface area contributed by atoms with Gasteiger partial charge in [0.15, 0.2) is 5.82 Å². The Labute approximate surface area is 203 Å². The molecule has 0 amide bonds. The zero-order valence-electron chi connectivity index (χ0n) is 19.8. The highest BCUT2D eigenvalue weighted by molar-refractivity contribution is 7.18. The van der Waals surface area contributed by atoms with Gasteiger partial charge in [0, 0.05) is 22.7 Å². The van der Waals surface area contributed by atoms with E-state index in [0.29, 0.717) is 18.0 Å². The number of aryl methyl sites for hydroxylation is 2. The Balaban J connectivity index is 1.67. The maximum absolute atomic E-state index is 12.1. The number of esters is 1. The molecule has 0 aliphatic heterocycles. The number of nitrogens with one attached hydrogen (secondary N) is 1. The standard InChI is InChI=1S/C27H25N3O3S/c1-6-33-27(31)20-8-7-16(2)19(12-20)9-10-21-14-34-25-24(21)28-15-29-26(25)30-22-11-17(3)18(4)23(13-22)32-5/h7-8,11-15H,6H2,1-5H3,(H,28,29,30). The van der Waals surface area contributed by atoms with E-state index in [1.165, 1.54) is 17.7 Å². The first-order valence-electron chi connectivity index (χ1n) is 10.9. The summed E-state index contributed by atoms with van der Waals surface area (Å²) in [6, 6.07) is 9.43. The first kappa shape index (κ1) is 23.3. The average Bonchev–Trinajstić information content (AvgIpc) is 3.25. The van der Waals surface area contributed by atoms with Gasteiger partial charge in [-0.2, -0.15) is 0 Å². The van der Waals surface area contributed by atoms with Gasteiger partial charge < -0.3 is 14.8 Å². The second kappa shape index (κ2) is 9.94. The van der Waals surface area contributed by atoms with Gasteiger partial charge in [-0.05, 0) is 62.6 Å². The molecule has 172 valence electrons. The number of aromatic nitrogens is 2. The molecular weight excluding hydrogens is 446 g/mol. The molecule has 0 spiro atoms. The maximum atomic E-state index is 12.1. The second-order valence-corrected chi connectivity index (χ2v) is 8.67. The smallest absolute Gasteiger partial charge is 0.338 e. The first-order chi connectivity index (χ1) is 16.4. The summed E-state index contributed by atoms with van der Waals surface area (Å²) in [5, 5.41) is 5.37. The summed E-state index contributed by atoms with van der Waals surface area (Å²) in [5.74, 6) is 7.61. The van der Waals surface area contributed by atoms with Crippen molar-refractivity contribution in [2.75, 3.05) is 19.0 Å². The van der Waals surface area contributed by atoms with Crippen molar-refractivity contribution in [1.82, 2.24) is 9.97 Å². The van der Waals surface area contributed by atoms with Gasteiger partial charge in [-0.1, -0.05) is 17.9 Å². The molecule has 0 unspecified atom stereocenters. The van der Waals surface area contributed by atoms with Crippen molar-refractivity contribution in [2.24, 2.45) is 0 Å². The molecule has 0 atom stereocenters. The summed E-state index contributed by atoms with van der Waals surface area (Å²) < 4.78 is 11.5. The van der Waals surface area contributed by atoms with Crippen LogP contribution in [0.15, 0.2) is 42.0 Å². The number of hydrogen-bond acceptors (Lipinski definition) is 7. The van der Waals surface area contributed by atoms with Gasteiger partial charge in [-0.3, -0.25) is 0 Å². The van der Waals surface area contributed by atoms with E-state index in [1.807, 2.05) is 31.4 Å². The molecule has 0 fully saturated rings. The van der Waals surface area contributed by atoms with Crippen LogP contribution in [-0.2, 0) is 4.74 Å². The lowest BCUT2D eigenvalue weighted by molar-refractivity contribution is 0.0526. The first-order valence-corrected chi connectivity index (χ1v) is 11.7. The Morgan fingerprint density at radius 1 is 1.06 bits per heavy atom. The molecule has 2 aromatic carbocycles. The van der Waals surface area contributed by atoms with E-state index in [9.17, 15) is 4.79 Å².